The molecular weight excluding hydrogens is 220 g/mol. The normalized spacial score (nSPS) is 16.4. The molecule has 11 heavy (non-hydrogen) atoms. The van der Waals surface area contributed by atoms with Crippen molar-refractivity contribution >= 4 is 27.7 Å². The summed E-state index contributed by atoms with van der Waals surface area (Å²) in [7, 11) is 0. The Morgan fingerprint density at radius 2 is 2.00 bits per heavy atom. The van der Waals surface area contributed by atoms with Crippen molar-refractivity contribution in [1.29, 1.82) is 0 Å². The molecule has 0 fully saturated rings. The van der Waals surface area contributed by atoms with Crippen LogP contribution >= 0.6 is 27.7 Å². The molecule has 0 aromatic rings. The molecular formula is C9H19BrS. The number of rotatable bonds is 6. The van der Waals surface area contributed by atoms with E-state index in [1.807, 2.05) is 11.8 Å². The Morgan fingerprint density at radius 3 is 2.36 bits per heavy atom. The van der Waals surface area contributed by atoms with Crippen LogP contribution in [0, 0.1) is 5.92 Å². The minimum absolute atomic E-state index is 0.685. The highest BCUT2D eigenvalue weighted by atomic mass is 79.9. The number of alkyl halides is 1. The molecule has 0 rings (SSSR count). The molecule has 0 N–H and O–H groups in total. The average molecular weight is 239 g/mol. The minimum atomic E-state index is 0.685. The third-order valence-electron chi connectivity index (χ3n) is 2.01. The van der Waals surface area contributed by atoms with Crippen molar-refractivity contribution in [1.82, 2.24) is 0 Å². The summed E-state index contributed by atoms with van der Waals surface area (Å²) in [6.07, 6.45) is 2.66. The predicted octanol–water partition coefficient (Wildman–Crippen LogP) is 3.94. The third-order valence-corrected chi connectivity index (χ3v) is 3.69. The molecule has 2 atom stereocenters. The van der Waals surface area contributed by atoms with E-state index in [4.69, 9.17) is 0 Å². The number of hydrogen-bond acceptors (Lipinski definition) is 1. The maximum absolute atomic E-state index is 3.64. The van der Waals surface area contributed by atoms with Gasteiger partial charge < -0.3 is 0 Å². The van der Waals surface area contributed by atoms with Gasteiger partial charge in [0.1, 0.15) is 0 Å². The Bertz CT molecular complexity index is 83.6. The summed E-state index contributed by atoms with van der Waals surface area (Å²) in [4.78, 5) is 0.685. The van der Waals surface area contributed by atoms with Crippen LogP contribution in [-0.2, 0) is 0 Å². The topological polar surface area (TPSA) is 0 Å². The zero-order valence-electron chi connectivity index (χ0n) is 7.77. The van der Waals surface area contributed by atoms with Gasteiger partial charge in [0.2, 0.25) is 0 Å². The summed E-state index contributed by atoms with van der Waals surface area (Å²) in [6, 6.07) is 0. The molecule has 0 amide bonds. The highest BCUT2D eigenvalue weighted by molar-refractivity contribution is 9.09. The molecule has 2 unspecified atom stereocenters. The molecule has 0 aliphatic rings. The minimum Gasteiger partial charge on any atom is -0.162 e. The molecule has 0 aliphatic carbocycles. The van der Waals surface area contributed by atoms with Crippen LogP contribution < -0.4 is 0 Å². The molecule has 0 aromatic heterocycles. The quantitative estimate of drug-likeness (QED) is 0.499. The van der Waals surface area contributed by atoms with E-state index < -0.39 is 0 Å². The van der Waals surface area contributed by atoms with Gasteiger partial charge in [0.15, 0.2) is 0 Å². The fourth-order valence-electron chi connectivity index (χ4n) is 1.14. The van der Waals surface area contributed by atoms with Crippen LogP contribution in [0.1, 0.15) is 33.6 Å². The van der Waals surface area contributed by atoms with Gasteiger partial charge in [-0.2, -0.15) is 11.8 Å². The smallest absolute Gasteiger partial charge is 0.0146 e. The Balaban J connectivity index is 3.36. The van der Waals surface area contributed by atoms with E-state index in [2.05, 4.69) is 36.7 Å². The van der Waals surface area contributed by atoms with Crippen LogP contribution in [-0.4, -0.2) is 16.3 Å². The van der Waals surface area contributed by atoms with Gasteiger partial charge in [0.05, 0.1) is 0 Å². The molecule has 2 heteroatoms. The standard InChI is InChI=1S/C9H19BrS/c1-4-9(8(3)10)6-7-11-5-2/h8-9H,4-7H2,1-3H3. The fourth-order valence-corrected chi connectivity index (χ4v) is 2.53. The first-order valence-corrected chi connectivity index (χ1v) is 6.51. The van der Waals surface area contributed by atoms with E-state index in [9.17, 15) is 0 Å². The lowest BCUT2D eigenvalue weighted by Crippen LogP contribution is -2.10. The molecule has 68 valence electrons. The van der Waals surface area contributed by atoms with Gasteiger partial charge >= 0.3 is 0 Å². The second-order valence-electron chi connectivity index (χ2n) is 2.83. The molecule has 0 saturated carbocycles. The third kappa shape index (κ3) is 6.03. The van der Waals surface area contributed by atoms with Gasteiger partial charge in [-0.05, 0) is 23.8 Å². The van der Waals surface area contributed by atoms with Gasteiger partial charge in [0, 0.05) is 4.83 Å². The van der Waals surface area contributed by atoms with Crippen LogP contribution in [0.4, 0.5) is 0 Å². The van der Waals surface area contributed by atoms with Crippen molar-refractivity contribution in [2.45, 2.75) is 38.4 Å². The van der Waals surface area contributed by atoms with Gasteiger partial charge in [-0.15, -0.1) is 0 Å². The van der Waals surface area contributed by atoms with E-state index in [0.29, 0.717) is 4.83 Å². The van der Waals surface area contributed by atoms with Crippen LogP contribution in [0.25, 0.3) is 0 Å². The Labute approximate surface area is 83.6 Å². The van der Waals surface area contributed by atoms with Crippen LogP contribution in [0.2, 0.25) is 0 Å². The molecule has 0 radical (unpaired) electrons. The second kappa shape index (κ2) is 7.48. The molecule has 0 spiro atoms. The van der Waals surface area contributed by atoms with Gasteiger partial charge in [-0.25, -0.2) is 0 Å². The Hall–Kier alpha value is 0.830. The van der Waals surface area contributed by atoms with Crippen LogP contribution in [0.5, 0.6) is 0 Å². The molecule has 0 bridgehead atoms. The lowest BCUT2D eigenvalue weighted by atomic mass is 10.0. The maximum atomic E-state index is 3.64. The Kier molecular flexibility index (Phi) is 8.04. The molecule has 0 heterocycles. The van der Waals surface area contributed by atoms with Crippen molar-refractivity contribution < 1.29 is 0 Å². The summed E-state index contributed by atoms with van der Waals surface area (Å²) in [6.45, 7) is 6.76. The highest BCUT2D eigenvalue weighted by Crippen LogP contribution is 2.21. The number of hydrogen-bond donors (Lipinski definition) is 0. The zero-order chi connectivity index (χ0) is 8.69. The number of halogens is 1. The first-order chi connectivity index (χ1) is 5.22. The fraction of sp³-hybridized carbons (Fsp3) is 1.00. The van der Waals surface area contributed by atoms with Crippen molar-refractivity contribution in [2.75, 3.05) is 11.5 Å². The predicted molar refractivity (Wildman–Crippen MR) is 59.8 cm³/mol. The van der Waals surface area contributed by atoms with E-state index in [1.165, 1.54) is 24.3 Å². The molecule has 0 saturated heterocycles. The van der Waals surface area contributed by atoms with Gasteiger partial charge in [-0.1, -0.05) is 43.1 Å². The average Bonchev–Trinajstić information content (AvgIpc) is 1.97. The summed E-state index contributed by atoms with van der Waals surface area (Å²) in [5.74, 6) is 3.45. The van der Waals surface area contributed by atoms with Crippen molar-refractivity contribution in [3.05, 3.63) is 0 Å². The van der Waals surface area contributed by atoms with Crippen LogP contribution in [0.15, 0.2) is 0 Å². The summed E-state index contributed by atoms with van der Waals surface area (Å²) < 4.78 is 0. The molecule has 0 nitrogen and oxygen atoms in total. The first-order valence-electron chi connectivity index (χ1n) is 4.44. The van der Waals surface area contributed by atoms with Crippen molar-refractivity contribution in [3.8, 4) is 0 Å². The number of thioether (sulfide) groups is 1. The van der Waals surface area contributed by atoms with Gasteiger partial charge in [0.25, 0.3) is 0 Å². The largest absolute Gasteiger partial charge is 0.162 e. The summed E-state index contributed by atoms with van der Waals surface area (Å²) >= 11 is 5.69. The van der Waals surface area contributed by atoms with Crippen LogP contribution in [0.3, 0.4) is 0 Å². The van der Waals surface area contributed by atoms with E-state index >= 15 is 0 Å². The monoisotopic (exact) mass is 238 g/mol. The molecule has 0 aliphatic heterocycles. The van der Waals surface area contributed by atoms with Crippen molar-refractivity contribution in [3.63, 3.8) is 0 Å². The Morgan fingerprint density at radius 1 is 1.36 bits per heavy atom. The lowest BCUT2D eigenvalue weighted by Gasteiger charge is -2.16. The lowest BCUT2D eigenvalue weighted by molar-refractivity contribution is 0.498. The van der Waals surface area contributed by atoms with E-state index in [0.717, 1.165) is 5.92 Å². The second-order valence-corrected chi connectivity index (χ2v) is 5.67. The van der Waals surface area contributed by atoms with E-state index in [1.54, 1.807) is 0 Å². The van der Waals surface area contributed by atoms with Gasteiger partial charge in [-0.3, -0.25) is 0 Å². The van der Waals surface area contributed by atoms with Crippen molar-refractivity contribution in [2.24, 2.45) is 5.92 Å². The molecule has 0 aromatic carbocycles. The highest BCUT2D eigenvalue weighted by Gasteiger charge is 2.11. The maximum Gasteiger partial charge on any atom is 0.0146 e. The van der Waals surface area contributed by atoms with E-state index in [-0.39, 0.29) is 0 Å². The first kappa shape index (κ1) is 11.8. The summed E-state index contributed by atoms with van der Waals surface area (Å²) in [5, 5.41) is 0. The SMILES string of the molecule is CCSCCC(CC)C(C)Br. The zero-order valence-corrected chi connectivity index (χ0v) is 10.2. The summed E-state index contributed by atoms with van der Waals surface area (Å²) in [5.41, 5.74) is 0.